The van der Waals surface area contributed by atoms with Gasteiger partial charge in [-0.1, -0.05) is 27.7 Å². The van der Waals surface area contributed by atoms with Crippen LogP contribution in [-0.4, -0.2) is 13.3 Å². The zero-order valence-corrected chi connectivity index (χ0v) is 7.70. The molecule has 0 unspecified atom stereocenters. The summed E-state index contributed by atoms with van der Waals surface area (Å²) in [6.45, 7) is 7.58. The molecule has 0 bridgehead atoms. The Bertz CT molecular complexity index is 204. The monoisotopic (exact) mass is 162 g/mol. The molecule has 2 nitrogen and oxygen atoms in total. The van der Waals surface area contributed by atoms with Crippen LogP contribution < -0.4 is 0 Å². The Labute approximate surface area is 63.8 Å². The van der Waals surface area contributed by atoms with E-state index in [1.54, 1.807) is 0 Å². The summed E-state index contributed by atoms with van der Waals surface area (Å²) in [6.07, 6.45) is 0. The van der Waals surface area contributed by atoms with Crippen molar-refractivity contribution in [2.45, 2.75) is 27.7 Å². The first-order chi connectivity index (χ1) is 4.46. The molecule has 0 aliphatic carbocycles. The third kappa shape index (κ3) is 2.52. The van der Waals surface area contributed by atoms with E-state index in [0.29, 0.717) is 4.86 Å². The molecule has 0 aliphatic rings. The van der Waals surface area contributed by atoms with E-state index in [0.717, 1.165) is 0 Å². The Morgan fingerprint density at radius 3 is 1.30 bits per heavy atom. The van der Waals surface area contributed by atoms with E-state index < -0.39 is 10.3 Å². The van der Waals surface area contributed by atoms with Gasteiger partial charge < -0.3 is 0 Å². The topological polar surface area (TPSA) is 34.1 Å². The van der Waals surface area contributed by atoms with Crippen LogP contribution in [0.2, 0.25) is 0 Å². The summed E-state index contributed by atoms with van der Waals surface area (Å²) in [5.74, 6) is 0.275. The molecule has 0 fully saturated rings. The van der Waals surface area contributed by atoms with Gasteiger partial charge in [0, 0.05) is 0 Å². The Balaban J connectivity index is 4.81. The van der Waals surface area contributed by atoms with E-state index in [9.17, 15) is 8.42 Å². The third-order valence-electron chi connectivity index (χ3n) is 1.33. The Kier molecular flexibility index (Phi) is 3.64. The number of hydrogen-bond donors (Lipinski definition) is 0. The molecule has 0 N–H and O–H groups in total. The van der Waals surface area contributed by atoms with E-state index in [-0.39, 0.29) is 11.8 Å². The van der Waals surface area contributed by atoms with Crippen LogP contribution in [0.3, 0.4) is 0 Å². The normalized spacial score (nSPS) is 10.6. The minimum Gasteiger partial charge on any atom is -0.185 e. The van der Waals surface area contributed by atoms with Crippen LogP contribution in [0.1, 0.15) is 27.7 Å². The van der Waals surface area contributed by atoms with Crippen molar-refractivity contribution in [3.63, 3.8) is 0 Å². The van der Waals surface area contributed by atoms with Crippen LogP contribution >= 0.6 is 0 Å². The number of hydrogen-bond acceptors (Lipinski definition) is 2. The molecule has 0 aromatic carbocycles. The van der Waals surface area contributed by atoms with E-state index in [2.05, 4.69) is 0 Å². The molecule has 60 valence electrons. The van der Waals surface area contributed by atoms with E-state index in [1.807, 2.05) is 27.7 Å². The van der Waals surface area contributed by atoms with Gasteiger partial charge in [0.25, 0.3) is 0 Å². The Hall–Kier alpha value is -0.310. The molecule has 0 aromatic heterocycles. The van der Waals surface area contributed by atoms with Gasteiger partial charge in [-0.15, -0.1) is 0 Å². The molecular weight excluding hydrogens is 148 g/mol. The average Bonchev–Trinajstić information content (AvgIpc) is 1.59. The summed E-state index contributed by atoms with van der Waals surface area (Å²) in [4.78, 5) is 0.611. The van der Waals surface area contributed by atoms with Crippen molar-refractivity contribution in [3.8, 4) is 0 Å². The van der Waals surface area contributed by atoms with Gasteiger partial charge in [0.15, 0.2) is 0 Å². The van der Waals surface area contributed by atoms with Gasteiger partial charge in [0.05, 0.1) is 4.86 Å². The third-order valence-corrected chi connectivity index (χ3v) is 2.66. The second kappa shape index (κ2) is 3.76. The van der Waals surface area contributed by atoms with Gasteiger partial charge in [-0.2, -0.15) is 8.42 Å². The maximum absolute atomic E-state index is 10.5. The highest BCUT2D eigenvalue weighted by atomic mass is 32.2. The van der Waals surface area contributed by atoms with Gasteiger partial charge in [0.1, 0.15) is 0 Å². The molecule has 0 aromatic rings. The van der Waals surface area contributed by atoms with Crippen LogP contribution in [-0.2, 0) is 10.3 Å². The highest BCUT2D eigenvalue weighted by Crippen LogP contribution is 2.05. The van der Waals surface area contributed by atoms with Crippen LogP contribution in [0.15, 0.2) is 0 Å². The minimum absolute atomic E-state index is 0.137. The molecule has 0 rings (SSSR count). The summed E-state index contributed by atoms with van der Waals surface area (Å²) in [5, 5.41) is 0. The van der Waals surface area contributed by atoms with Crippen molar-refractivity contribution in [1.29, 1.82) is 0 Å². The zero-order chi connectivity index (χ0) is 8.31. The van der Waals surface area contributed by atoms with Crippen molar-refractivity contribution in [2.75, 3.05) is 0 Å². The maximum atomic E-state index is 10.5. The lowest BCUT2D eigenvalue weighted by atomic mass is 10.0. The summed E-state index contributed by atoms with van der Waals surface area (Å²) >= 11 is 0. The highest BCUT2D eigenvalue weighted by molar-refractivity contribution is 7.73. The van der Waals surface area contributed by atoms with Gasteiger partial charge >= 0.3 is 0 Å². The molecule has 10 heavy (non-hydrogen) atoms. The van der Waals surface area contributed by atoms with Crippen molar-refractivity contribution in [1.82, 2.24) is 0 Å². The fourth-order valence-corrected chi connectivity index (χ4v) is 1.82. The highest BCUT2D eigenvalue weighted by Gasteiger charge is 2.10. The van der Waals surface area contributed by atoms with E-state index in [1.165, 1.54) is 0 Å². The second-order valence-corrected chi connectivity index (χ2v) is 3.89. The summed E-state index contributed by atoms with van der Waals surface area (Å²) < 4.78 is 21.1. The molecule has 0 aliphatic heterocycles. The fraction of sp³-hybridized carbons (Fsp3) is 0.857. The van der Waals surface area contributed by atoms with Gasteiger partial charge in [-0.25, -0.2) is 0 Å². The Morgan fingerprint density at radius 2 is 1.30 bits per heavy atom. The van der Waals surface area contributed by atoms with Gasteiger partial charge in [-0.05, 0) is 11.8 Å². The van der Waals surface area contributed by atoms with E-state index >= 15 is 0 Å². The average molecular weight is 162 g/mol. The second-order valence-electron chi connectivity index (χ2n) is 2.95. The molecule has 0 heterocycles. The molecule has 0 radical (unpaired) electrons. The SMILES string of the molecule is CC(C)C(C(C)C)=S(=O)=O. The molecule has 0 spiro atoms. The fourth-order valence-electron chi connectivity index (χ4n) is 1.05. The van der Waals surface area contributed by atoms with Crippen molar-refractivity contribution < 1.29 is 8.42 Å². The van der Waals surface area contributed by atoms with Crippen molar-refractivity contribution in [2.24, 2.45) is 11.8 Å². The summed E-state index contributed by atoms with van der Waals surface area (Å²) in [6, 6.07) is 0. The smallest absolute Gasteiger partial charge is 0.185 e. The lowest BCUT2D eigenvalue weighted by Gasteiger charge is -2.08. The van der Waals surface area contributed by atoms with Crippen LogP contribution in [0.5, 0.6) is 0 Å². The van der Waals surface area contributed by atoms with Crippen molar-refractivity contribution >= 4 is 15.2 Å². The predicted molar refractivity (Wildman–Crippen MR) is 43.6 cm³/mol. The first-order valence-corrected chi connectivity index (χ1v) is 4.50. The van der Waals surface area contributed by atoms with Crippen LogP contribution in [0.25, 0.3) is 0 Å². The van der Waals surface area contributed by atoms with Gasteiger partial charge in [-0.3, -0.25) is 0 Å². The van der Waals surface area contributed by atoms with Gasteiger partial charge in [0.2, 0.25) is 10.3 Å². The quantitative estimate of drug-likeness (QED) is 0.574. The lowest BCUT2D eigenvalue weighted by Crippen LogP contribution is -2.15. The predicted octanol–water partition coefficient (Wildman–Crippen LogP) is 1.35. The largest absolute Gasteiger partial charge is 0.213 e. The summed E-state index contributed by atoms with van der Waals surface area (Å²) in [5.41, 5.74) is 0. The van der Waals surface area contributed by atoms with E-state index in [4.69, 9.17) is 0 Å². The standard InChI is InChI=1S/C7H14O2S/c1-5(2)7(6(3)4)10(8)9/h5-6H,1-4H3. The van der Waals surface area contributed by atoms with Crippen molar-refractivity contribution in [3.05, 3.63) is 0 Å². The molecule has 3 heteroatoms. The summed E-state index contributed by atoms with van der Waals surface area (Å²) in [7, 11) is -2.00. The molecule has 0 saturated heterocycles. The molecular formula is C7H14O2S. The first kappa shape index (κ1) is 9.69. The zero-order valence-electron chi connectivity index (χ0n) is 6.88. The lowest BCUT2D eigenvalue weighted by molar-refractivity contribution is 0.624. The molecule has 0 saturated carbocycles. The molecule has 0 amide bonds. The van der Waals surface area contributed by atoms with Crippen LogP contribution in [0, 0.1) is 11.8 Å². The molecule has 0 atom stereocenters. The maximum Gasteiger partial charge on any atom is 0.213 e. The van der Waals surface area contributed by atoms with Crippen LogP contribution in [0.4, 0.5) is 0 Å². The number of rotatable bonds is 2. The Morgan fingerprint density at radius 1 is 1.00 bits per heavy atom. The first-order valence-electron chi connectivity index (χ1n) is 3.42. The minimum atomic E-state index is -2.00.